The lowest BCUT2D eigenvalue weighted by molar-refractivity contribution is 0.415. The summed E-state index contributed by atoms with van der Waals surface area (Å²) < 4.78 is 5.41. The van der Waals surface area contributed by atoms with Crippen LogP contribution in [0.2, 0.25) is 0 Å². The van der Waals surface area contributed by atoms with E-state index in [1.54, 1.807) is 7.11 Å². The third-order valence-electron chi connectivity index (χ3n) is 8.62. The summed E-state index contributed by atoms with van der Waals surface area (Å²) in [5.74, 6) is 0.799. The third-order valence-corrected chi connectivity index (χ3v) is 8.62. The van der Waals surface area contributed by atoms with Crippen molar-refractivity contribution in [2.45, 2.75) is 13.8 Å². The van der Waals surface area contributed by atoms with E-state index in [1.165, 1.54) is 11.1 Å². The summed E-state index contributed by atoms with van der Waals surface area (Å²) in [5.41, 5.74) is 15.8. The zero-order valence-electron chi connectivity index (χ0n) is 26.4. The molecule has 2 aliphatic heterocycles. The number of nitrogens with zero attached hydrogens (tertiary/aromatic N) is 2. The number of hydrogen-bond donors (Lipinski definition) is 3. The first-order chi connectivity index (χ1) is 23.0. The van der Waals surface area contributed by atoms with Gasteiger partial charge >= 0.3 is 0 Å². The molecule has 0 spiro atoms. The fourth-order valence-corrected chi connectivity index (χ4v) is 6.14. The van der Waals surface area contributed by atoms with E-state index in [0.717, 1.165) is 84.2 Å². The van der Waals surface area contributed by atoms with E-state index in [2.05, 4.69) is 132 Å². The van der Waals surface area contributed by atoms with Crippen LogP contribution < -0.4 is 10.1 Å². The van der Waals surface area contributed by atoms with Crippen molar-refractivity contribution in [1.82, 2.24) is 19.9 Å². The number of aryl methyl sites for hydroxylation is 2. The van der Waals surface area contributed by atoms with Gasteiger partial charge in [0.2, 0.25) is 0 Å². The Morgan fingerprint density at radius 3 is 1.81 bits per heavy atom. The molecule has 0 aliphatic carbocycles. The molecule has 8 bridgehead atoms. The first kappa shape index (κ1) is 28.3. The molecule has 0 atom stereocenters. The van der Waals surface area contributed by atoms with Crippen LogP contribution >= 0.6 is 0 Å². The number of anilines is 2. The predicted molar refractivity (Wildman–Crippen MR) is 195 cm³/mol. The minimum Gasteiger partial charge on any atom is -0.497 e. The monoisotopic (exact) mass is 611 g/mol. The van der Waals surface area contributed by atoms with Crippen molar-refractivity contribution >= 4 is 57.7 Å². The molecule has 228 valence electrons. The molecule has 2 aliphatic rings. The Kier molecular flexibility index (Phi) is 7.03. The van der Waals surface area contributed by atoms with Gasteiger partial charge in [0, 0.05) is 33.4 Å². The van der Waals surface area contributed by atoms with Gasteiger partial charge in [-0.1, -0.05) is 59.7 Å². The number of nitrogens with one attached hydrogen (secondary N) is 3. The molecular weight excluding hydrogens is 578 g/mol. The van der Waals surface area contributed by atoms with E-state index >= 15 is 0 Å². The standard InChI is InChI=1S/C41H33N5O/c1-25-4-8-27(9-5-25)39-33-18-14-30(42-33)24-31-15-19-34(43-31)40(28-10-6-26(2)7-11-28)36-21-23-38(46-36)41(37-22-20-35(39)45-37)44-29-12-16-32(47-3)17-13-29/h4-24,42,44,46H,1-3H3. The van der Waals surface area contributed by atoms with Gasteiger partial charge < -0.3 is 20.0 Å². The number of rotatable bonds is 5. The number of fused-ring (bicyclic) bond motifs is 8. The van der Waals surface area contributed by atoms with Crippen LogP contribution in [-0.2, 0) is 0 Å². The van der Waals surface area contributed by atoms with Crippen LogP contribution in [0, 0.1) is 13.8 Å². The normalized spacial score (nSPS) is 12.0. The molecular formula is C41H33N5O. The number of ether oxygens (including phenoxy) is 1. The highest BCUT2D eigenvalue weighted by Crippen LogP contribution is 2.36. The topological polar surface area (TPSA) is 78.6 Å². The van der Waals surface area contributed by atoms with E-state index in [-0.39, 0.29) is 0 Å². The fraction of sp³-hybridized carbons (Fsp3) is 0.0732. The Bertz CT molecular complexity index is 2310. The highest BCUT2D eigenvalue weighted by Gasteiger charge is 2.16. The van der Waals surface area contributed by atoms with Crippen LogP contribution in [0.4, 0.5) is 11.4 Å². The maximum absolute atomic E-state index is 5.41. The summed E-state index contributed by atoms with van der Waals surface area (Å²) >= 11 is 0. The molecule has 3 aromatic carbocycles. The molecule has 6 nitrogen and oxygen atoms in total. The van der Waals surface area contributed by atoms with Crippen molar-refractivity contribution in [3.05, 3.63) is 137 Å². The molecule has 6 aromatic rings. The van der Waals surface area contributed by atoms with Crippen molar-refractivity contribution in [2.24, 2.45) is 0 Å². The summed E-state index contributed by atoms with van der Waals surface area (Å²) in [6, 6.07) is 35.7. The van der Waals surface area contributed by atoms with Gasteiger partial charge in [0.05, 0.1) is 41.1 Å². The van der Waals surface area contributed by atoms with Gasteiger partial charge in [0.25, 0.3) is 0 Å². The molecule has 0 saturated carbocycles. The Labute approximate surface area is 273 Å². The third kappa shape index (κ3) is 5.51. The molecule has 3 aromatic heterocycles. The lowest BCUT2D eigenvalue weighted by Gasteiger charge is -2.09. The van der Waals surface area contributed by atoms with Crippen molar-refractivity contribution in [3.63, 3.8) is 0 Å². The smallest absolute Gasteiger partial charge is 0.119 e. The Hall–Kier alpha value is -6.14. The summed E-state index contributed by atoms with van der Waals surface area (Å²) in [5, 5.41) is 3.67. The average molecular weight is 612 g/mol. The molecule has 47 heavy (non-hydrogen) atoms. The van der Waals surface area contributed by atoms with Crippen molar-refractivity contribution < 1.29 is 4.74 Å². The van der Waals surface area contributed by atoms with Gasteiger partial charge in [-0.2, -0.15) is 0 Å². The first-order valence-corrected chi connectivity index (χ1v) is 15.7. The van der Waals surface area contributed by atoms with E-state index in [1.807, 2.05) is 24.3 Å². The number of methoxy groups -OCH3 is 1. The minimum absolute atomic E-state index is 0.799. The number of aromatic amines is 2. The van der Waals surface area contributed by atoms with Gasteiger partial charge in [0.15, 0.2) is 0 Å². The zero-order valence-corrected chi connectivity index (χ0v) is 26.4. The second-order valence-electron chi connectivity index (χ2n) is 11.9. The maximum Gasteiger partial charge on any atom is 0.119 e. The SMILES string of the molecule is COc1ccc(Nc2c3nc(c(-c4ccc(C)cc4)c4ccc(cc5nc(c(-c6ccc(C)cc6)c6ccc2[nH]6)C=C5)[nH]4)C=C3)cc1. The van der Waals surface area contributed by atoms with Crippen molar-refractivity contribution in [2.75, 3.05) is 12.4 Å². The summed E-state index contributed by atoms with van der Waals surface area (Å²) in [6.07, 6.45) is 8.35. The second-order valence-corrected chi connectivity index (χ2v) is 11.9. The Balaban J connectivity index is 1.46. The summed E-state index contributed by atoms with van der Waals surface area (Å²) in [7, 11) is 1.68. The van der Waals surface area contributed by atoms with E-state index in [4.69, 9.17) is 14.7 Å². The Morgan fingerprint density at radius 2 is 1.13 bits per heavy atom. The number of aromatic nitrogens is 4. The van der Waals surface area contributed by atoms with Gasteiger partial charge in [-0.25, -0.2) is 9.97 Å². The molecule has 6 heteroatoms. The highest BCUT2D eigenvalue weighted by molar-refractivity contribution is 5.96. The van der Waals surface area contributed by atoms with E-state index in [9.17, 15) is 0 Å². The number of H-pyrrole nitrogens is 2. The summed E-state index contributed by atoms with van der Waals surface area (Å²) in [4.78, 5) is 17.8. The van der Waals surface area contributed by atoms with Crippen LogP contribution in [0.15, 0.2) is 103 Å². The van der Waals surface area contributed by atoms with E-state index in [0.29, 0.717) is 0 Å². The molecule has 0 unspecified atom stereocenters. The maximum atomic E-state index is 5.41. The lowest BCUT2D eigenvalue weighted by Crippen LogP contribution is -1.95. The van der Waals surface area contributed by atoms with E-state index < -0.39 is 0 Å². The van der Waals surface area contributed by atoms with Crippen LogP contribution in [0.3, 0.4) is 0 Å². The Morgan fingerprint density at radius 1 is 0.553 bits per heavy atom. The number of hydrogen-bond acceptors (Lipinski definition) is 4. The molecule has 3 N–H and O–H groups in total. The van der Waals surface area contributed by atoms with Gasteiger partial charge in [-0.15, -0.1) is 0 Å². The second kappa shape index (κ2) is 11.7. The molecule has 0 saturated heterocycles. The predicted octanol–water partition coefficient (Wildman–Crippen LogP) is 10.4. The van der Waals surface area contributed by atoms with Crippen molar-refractivity contribution in [1.29, 1.82) is 0 Å². The van der Waals surface area contributed by atoms with Crippen molar-refractivity contribution in [3.8, 4) is 28.0 Å². The fourth-order valence-electron chi connectivity index (χ4n) is 6.14. The minimum atomic E-state index is 0.799. The van der Waals surface area contributed by atoms with Gasteiger partial charge in [0.1, 0.15) is 5.75 Å². The molecule has 0 amide bonds. The highest BCUT2D eigenvalue weighted by atomic mass is 16.5. The number of benzene rings is 3. The van der Waals surface area contributed by atoms with Crippen LogP contribution in [0.25, 0.3) is 68.6 Å². The summed E-state index contributed by atoms with van der Waals surface area (Å²) in [6.45, 7) is 4.21. The lowest BCUT2D eigenvalue weighted by atomic mass is 10.0. The van der Waals surface area contributed by atoms with Gasteiger partial charge in [-0.3, -0.25) is 0 Å². The van der Waals surface area contributed by atoms with Crippen LogP contribution in [-0.4, -0.2) is 27.0 Å². The molecule has 0 radical (unpaired) electrons. The molecule has 8 rings (SSSR count). The largest absolute Gasteiger partial charge is 0.497 e. The van der Waals surface area contributed by atoms with Crippen LogP contribution in [0.5, 0.6) is 5.75 Å². The zero-order chi connectivity index (χ0) is 31.9. The average Bonchev–Trinajstić information content (AvgIpc) is 3.92. The quantitative estimate of drug-likeness (QED) is 0.181. The first-order valence-electron chi connectivity index (χ1n) is 15.7. The van der Waals surface area contributed by atoms with Crippen LogP contribution in [0.1, 0.15) is 33.9 Å². The molecule has 5 heterocycles. The molecule has 0 fully saturated rings. The van der Waals surface area contributed by atoms with Gasteiger partial charge in [-0.05, 0) is 104 Å².